The molecule has 1 radical (unpaired) electrons. The van der Waals surface area contributed by atoms with Crippen molar-refractivity contribution in [1.29, 1.82) is 0 Å². The minimum absolute atomic E-state index is 0. The van der Waals surface area contributed by atoms with Crippen LogP contribution in [0.25, 0.3) is 0 Å². The van der Waals surface area contributed by atoms with Crippen LogP contribution in [0.3, 0.4) is 0 Å². The van der Waals surface area contributed by atoms with E-state index in [2.05, 4.69) is 70.3 Å². The Morgan fingerprint density at radius 2 is 0.750 bits per heavy atom. The fourth-order valence-corrected chi connectivity index (χ4v) is 10.2. The van der Waals surface area contributed by atoms with Crippen molar-refractivity contribution in [3.05, 3.63) is 82.2 Å². The normalized spacial score (nSPS) is 14.4. The van der Waals surface area contributed by atoms with Crippen LogP contribution in [0, 0.1) is 52.2 Å². The van der Waals surface area contributed by atoms with Crippen LogP contribution >= 0.6 is 32.4 Å². The molecule has 0 bridgehead atoms. The van der Waals surface area contributed by atoms with Crippen LogP contribution < -0.4 is 0 Å². The Morgan fingerprint density at radius 1 is 0.523 bits per heavy atom. The van der Waals surface area contributed by atoms with E-state index in [1.165, 1.54) is 36.2 Å². The first kappa shape index (κ1) is 58.6. The van der Waals surface area contributed by atoms with E-state index in [-0.39, 0.29) is 38.1 Å². The van der Waals surface area contributed by atoms with E-state index in [1.54, 1.807) is 77.0 Å². The van der Waals surface area contributed by atoms with Crippen molar-refractivity contribution in [2.24, 2.45) is 0 Å². The van der Waals surface area contributed by atoms with Gasteiger partial charge >= 0.3 is 67.8 Å². The molecule has 0 saturated heterocycles. The van der Waals surface area contributed by atoms with Gasteiger partial charge < -0.3 is 6.42 Å². The maximum Gasteiger partial charge on any atom is 0 e. The number of hydrogen-bond donors (Lipinski definition) is 0. The number of rotatable bonds is 3. The fraction of sp³-hybridized carbons (Fsp3) is 0.545. The van der Waals surface area contributed by atoms with Crippen molar-refractivity contribution in [2.45, 2.75) is 113 Å². The van der Waals surface area contributed by atoms with Crippen LogP contribution in [0.5, 0.6) is 0 Å². The van der Waals surface area contributed by atoms with Crippen LogP contribution in [0.1, 0.15) is 102 Å². The summed E-state index contributed by atoms with van der Waals surface area (Å²) in [7, 11) is 0.385. The Kier molecular flexibility index (Phi) is 72.6. The second-order valence-electron chi connectivity index (χ2n) is 8.90. The standard InChI is InChI=1S/C18H33P.C8H5.6CO.CS2.Mn.Mo/c1-4-10-16(11-5-1)19(17-12-6-2-7-13-17)18-14-8-3-9-15-18;1-2-8-6-4-3-5-7-8;6*1-2;2-1-3;;/h16-18H,1-15H2;3-7H;;;;;;;;;/q;-1;;;;;;;;;. The van der Waals surface area contributed by atoms with E-state index in [0.717, 1.165) is 5.56 Å². The molecule has 0 aromatic heterocycles. The van der Waals surface area contributed by atoms with Gasteiger partial charge in [0.05, 0.1) is 0 Å². The topological polar surface area (TPSA) is 119 Å². The first-order valence-corrected chi connectivity index (χ1v) is 15.6. The summed E-state index contributed by atoms with van der Waals surface area (Å²) in [5.74, 6) is 2.28. The maximum absolute atomic E-state index is 7.50. The van der Waals surface area contributed by atoms with Crippen molar-refractivity contribution >= 4 is 36.7 Å². The molecule has 3 fully saturated rings. The molecule has 0 N–H and O–H groups in total. The molecule has 0 atom stereocenters. The largest absolute Gasteiger partial charge is 0 e. The van der Waals surface area contributed by atoms with Gasteiger partial charge in [0.1, 0.15) is 0 Å². The SMILES string of the molecule is C1CCC(P(C2CCCCC2)C2CCCCC2)CC1.S=C=S.[C-]#Cc1ccccc1.[C-]#[O+].[C-]#[O+].[C-]#[O+].[C-]#[O+].[C-]#[O+].[C-]#[O+].[Mn].[Mo]. The minimum atomic E-state index is 0. The molecule has 0 amide bonds. The maximum atomic E-state index is 7.50. The van der Waals surface area contributed by atoms with Gasteiger partial charge in [0, 0.05) is 42.4 Å². The minimum Gasteiger partial charge on any atom is 0 e. The van der Waals surface area contributed by atoms with Crippen LogP contribution in [0.4, 0.5) is 0 Å². The van der Waals surface area contributed by atoms with Crippen molar-refractivity contribution in [1.82, 2.24) is 0 Å². The Balaban J connectivity index is -0.0000000928. The van der Waals surface area contributed by atoms with Gasteiger partial charge in [0.2, 0.25) is 0 Å². The molecular formula is C33H38MnMoO6PS2-. The molecule has 3 saturated carbocycles. The smallest absolute Gasteiger partial charge is 0 e. The monoisotopic (exact) mass is 778 g/mol. The summed E-state index contributed by atoms with van der Waals surface area (Å²) in [4.78, 5) is 0. The average molecular weight is 777 g/mol. The van der Waals surface area contributed by atoms with E-state index in [4.69, 9.17) is 34.3 Å². The molecule has 0 heterocycles. The van der Waals surface area contributed by atoms with Gasteiger partial charge in [-0.05, 0) is 79.9 Å². The third kappa shape index (κ3) is 32.5. The number of thiocarbonyl (C=S) groups is 2. The van der Waals surface area contributed by atoms with Crippen LogP contribution in [-0.4, -0.2) is 21.3 Å². The van der Waals surface area contributed by atoms with Crippen molar-refractivity contribution < 1.29 is 66.0 Å². The zero-order valence-electron chi connectivity index (χ0n) is 24.7. The molecule has 0 unspecified atom stereocenters. The summed E-state index contributed by atoms with van der Waals surface area (Å²) in [6, 6.07) is 9.37. The molecule has 0 aliphatic heterocycles. The van der Waals surface area contributed by atoms with E-state index < -0.39 is 0 Å². The van der Waals surface area contributed by atoms with E-state index in [0.29, 0.717) is 7.92 Å². The summed E-state index contributed by atoms with van der Waals surface area (Å²) < 4.78 is 46.9. The van der Waals surface area contributed by atoms with Crippen molar-refractivity contribution in [2.75, 3.05) is 0 Å². The summed E-state index contributed by atoms with van der Waals surface area (Å²) in [6.45, 7) is 27.0. The Labute approximate surface area is 302 Å². The molecule has 6 nitrogen and oxygen atoms in total. The Bertz CT molecular complexity index is 818. The fourth-order valence-electron chi connectivity index (χ4n) is 5.55. The first-order chi connectivity index (χ1) is 20.8. The summed E-state index contributed by atoms with van der Waals surface area (Å²) in [6.07, 6.45) is 30.3. The van der Waals surface area contributed by atoms with Gasteiger partial charge in [0.25, 0.3) is 0 Å². The zero-order chi connectivity index (χ0) is 33.4. The third-order valence-corrected chi connectivity index (χ3v) is 11.0. The molecule has 44 heavy (non-hydrogen) atoms. The third-order valence-electron chi connectivity index (χ3n) is 6.91. The summed E-state index contributed by atoms with van der Waals surface area (Å²) in [5.41, 5.74) is 4.40. The molecule has 4 rings (SSSR count). The van der Waals surface area contributed by atoms with Gasteiger partial charge in [-0.15, -0.1) is 17.7 Å². The summed E-state index contributed by atoms with van der Waals surface area (Å²) >= 11 is 7.92. The first-order valence-electron chi connectivity index (χ1n) is 13.3. The molecular weight excluding hydrogens is 738 g/mol. The van der Waals surface area contributed by atoms with Gasteiger partial charge in [-0.3, -0.25) is 5.92 Å². The Morgan fingerprint density at radius 3 is 0.932 bits per heavy atom. The molecule has 1 aromatic rings. The Hall–Kier alpha value is -0.922. The second-order valence-corrected chi connectivity index (χ2v) is 12.6. The predicted octanol–water partition coefficient (Wildman–Crippen LogP) is 8.88. The zero-order valence-corrected chi connectivity index (χ0v) is 30.4. The molecule has 11 heteroatoms. The molecule has 3 aliphatic rings. The van der Waals surface area contributed by atoms with Gasteiger partial charge in [-0.1, -0.05) is 83.9 Å². The predicted molar refractivity (Wildman–Crippen MR) is 164 cm³/mol. The van der Waals surface area contributed by atoms with E-state index >= 15 is 0 Å². The quantitative estimate of drug-likeness (QED) is 0.0762. The van der Waals surface area contributed by atoms with Crippen LogP contribution in [-0.2, 0) is 66.0 Å². The summed E-state index contributed by atoms with van der Waals surface area (Å²) in [5, 5.41) is 0. The van der Waals surface area contributed by atoms with Crippen LogP contribution in [0.15, 0.2) is 30.3 Å². The number of benzene rings is 1. The van der Waals surface area contributed by atoms with E-state index in [9.17, 15) is 0 Å². The molecule has 237 valence electrons. The van der Waals surface area contributed by atoms with Gasteiger partial charge in [-0.25, -0.2) is 0 Å². The average Bonchev–Trinajstić information content (AvgIpc) is 3.13. The van der Waals surface area contributed by atoms with Crippen molar-refractivity contribution in [3.63, 3.8) is 0 Å². The van der Waals surface area contributed by atoms with Gasteiger partial charge in [0.15, 0.2) is 0 Å². The molecule has 3 aliphatic carbocycles. The van der Waals surface area contributed by atoms with E-state index in [1.807, 2.05) is 34.6 Å². The number of hydrogen-bond acceptors (Lipinski definition) is 2. The second kappa shape index (κ2) is 54.5. The molecule has 1 aromatic carbocycles. The van der Waals surface area contributed by atoms with Crippen LogP contribution in [0.2, 0.25) is 0 Å². The van der Waals surface area contributed by atoms with Gasteiger partial charge in [-0.2, -0.15) is 0 Å². The molecule has 0 spiro atoms. The van der Waals surface area contributed by atoms with Crippen molar-refractivity contribution in [3.8, 4) is 5.92 Å².